The minimum atomic E-state index is -3.32. The molecule has 0 aliphatic carbocycles. The number of anilines is 1. The van der Waals surface area contributed by atoms with E-state index in [0.29, 0.717) is 18.7 Å². The normalized spacial score (nSPS) is 10.9. The second kappa shape index (κ2) is 8.08. The van der Waals surface area contributed by atoms with Crippen LogP contribution in [-0.2, 0) is 21.2 Å². The van der Waals surface area contributed by atoms with Crippen LogP contribution < -0.4 is 11.1 Å². The third-order valence-corrected chi connectivity index (χ3v) is 3.91. The summed E-state index contributed by atoms with van der Waals surface area (Å²) in [7, 11) is -1.95. The first-order valence-corrected chi connectivity index (χ1v) is 7.66. The van der Waals surface area contributed by atoms with Crippen LogP contribution in [0.4, 0.5) is 5.69 Å². The van der Waals surface area contributed by atoms with Crippen LogP contribution in [0.1, 0.15) is 5.56 Å². The molecule has 0 saturated carbocycles. The van der Waals surface area contributed by atoms with Gasteiger partial charge >= 0.3 is 0 Å². The first-order valence-electron chi connectivity index (χ1n) is 5.81. The average Bonchev–Trinajstić information content (AvgIpc) is 2.30. The van der Waals surface area contributed by atoms with Crippen molar-refractivity contribution in [3.8, 4) is 0 Å². The van der Waals surface area contributed by atoms with Gasteiger partial charge in [-0.15, -0.1) is 12.4 Å². The summed E-state index contributed by atoms with van der Waals surface area (Å²) in [5.41, 5.74) is 7.32. The Labute approximate surface area is 125 Å². The summed E-state index contributed by atoms with van der Waals surface area (Å²) in [5, 5.41) is 2.67. The number of hydrogen-bond acceptors (Lipinski definition) is 4. The topological polar surface area (TPSA) is 92.5 Å². The number of hydrogen-bond donors (Lipinski definition) is 2. The van der Waals surface area contributed by atoms with Crippen LogP contribution in [-0.4, -0.2) is 45.0 Å². The molecule has 1 aromatic carbocycles. The Balaban J connectivity index is 0.00000361. The number of benzene rings is 1. The van der Waals surface area contributed by atoms with Crippen molar-refractivity contribution < 1.29 is 13.2 Å². The lowest BCUT2D eigenvalue weighted by Gasteiger charge is -2.13. The molecule has 0 heterocycles. The standard InChI is InChI=1S/C12H19N3O3S.ClH/c1-15(19(2,17)18)9-12(16)14-8-7-10-3-5-11(13)6-4-10;/h3-6H,7-9,13H2,1-2H3,(H,14,16);1H. The number of halogens is 1. The number of sulfonamides is 1. The zero-order valence-electron chi connectivity index (χ0n) is 11.5. The molecule has 0 saturated heterocycles. The Kier molecular flexibility index (Phi) is 7.55. The van der Waals surface area contributed by atoms with Crippen LogP contribution >= 0.6 is 12.4 Å². The van der Waals surface area contributed by atoms with Crippen molar-refractivity contribution in [1.29, 1.82) is 0 Å². The van der Waals surface area contributed by atoms with Gasteiger partial charge in [0, 0.05) is 19.3 Å². The highest BCUT2D eigenvalue weighted by molar-refractivity contribution is 7.88. The van der Waals surface area contributed by atoms with Crippen molar-refractivity contribution in [3.05, 3.63) is 29.8 Å². The van der Waals surface area contributed by atoms with Crippen molar-refractivity contribution >= 4 is 34.0 Å². The molecule has 0 fully saturated rings. The number of carbonyl (C=O) groups excluding carboxylic acids is 1. The van der Waals surface area contributed by atoms with Gasteiger partial charge < -0.3 is 11.1 Å². The van der Waals surface area contributed by atoms with E-state index in [1.54, 1.807) is 12.1 Å². The first kappa shape index (κ1) is 18.7. The van der Waals surface area contributed by atoms with E-state index < -0.39 is 10.0 Å². The molecular formula is C12H20ClN3O3S. The van der Waals surface area contributed by atoms with E-state index in [-0.39, 0.29) is 24.9 Å². The first-order chi connectivity index (χ1) is 8.79. The van der Waals surface area contributed by atoms with Crippen molar-refractivity contribution in [3.63, 3.8) is 0 Å². The Bertz CT molecular complexity index is 531. The molecule has 0 bridgehead atoms. The summed E-state index contributed by atoms with van der Waals surface area (Å²) < 4.78 is 23.3. The maximum absolute atomic E-state index is 11.5. The van der Waals surface area contributed by atoms with Gasteiger partial charge in [-0.1, -0.05) is 12.1 Å². The zero-order chi connectivity index (χ0) is 14.5. The van der Waals surface area contributed by atoms with E-state index >= 15 is 0 Å². The molecule has 0 aliphatic rings. The molecule has 0 atom stereocenters. The van der Waals surface area contributed by atoms with Crippen LogP contribution in [0.2, 0.25) is 0 Å². The Morgan fingerprint density at radius 3 is 2.35 bits per heavy atom. The lowest BCUT2D eigenvalue weighted by Crippen LogP contribution is -2.38. The van der Waals surface area contributed by atoms with Gasteiger partial charge in [0.25, 0.3) is 0 Å². The highest BCUT2D eigenvalue weighted by Crippen LogP contribution is 2.05. The Hall–Kier alpha value is -1.31. The lowest BCUT2D eigenvalue weighted by molar-refractivity contribution is -0.121. The average molecular weight is 322 g/mol. The molecule has 20 heavy (non-hydrogen) atoms. The van der Waals surface area contributed by atoms with E-state index in [9.17, 15) is 13.2 Å². The molecule has 0 aromatic heterocycles. The van der Waals surface area contributed by atoms with Crippen LogP contribution in [0, 0.1) is 0 Å². The van der Waals surface area contributed by atoms with Gasteiger partial charge in [0.05, 0.1) is 12.8 Å². The molecule has 3 N–H and O–H groups in total. The van der Waals surface area contributed by atoms with Crippen LogP contribution in [0.25, 0.3) is 0 Å². The van der Waals surface area contributed by atoms with E-state index in [2.05, 4.69) is 5.32 Å². The third kappa shape index (κ3) is 6.74. The van der Waals surface area contributed by atoms with Gasteiger partial charge in [0.15, 0.2) is 0 Å². The second-order valence-electron chi connectivity index (χ2n) is 4.36. The van der Waals surface area contributed by atoms with E-state index in [0.717, 1.165) is 16.1 Å². The van der Waals surface area contributed by atoms with Crippen molar-refractivity contribution in [2.75, 3.05) is 32.1 Å². The van der Waals surface area contributed by atoms with Crippen molar-refractivity contribution in [2.45, 2.75) is 6.42 Å². The van der Waals surface area contributed by atoms with Gasteiger partial charge in [-0.05, 0) is 24.1 Å². The number of rotatable bonds is 6. The van der Waals surface area contributed by atoms with Gasteiger partial charge in [-0.3, -0.25) is 4.79 Å². The summed E-state index contributed by atoms with van der Waals surface area (Å²) in [5.74, 6) is -0.316. The number of nitrogens with one attached hydrogen (secondary N) is 1. The van der Waals surface area contributed by atoms with Crippen LogP contribution in [0.15, 0.2) is 24.3 Å². The smallest absolute Gasteiger partial charge is 0.235 e. The molecule has 114 valence electrons. The zero-order valence-corrected chi connectivity index (χ0v) is 13.1. The Morgan fingerprint density at radius 2 is 1.85 bits per heavy atom. The predicted octanol–water partition coefficient (Wildman–Crippen LogP) is 0.241. The van der Waals surface area contributed by atoms with Gasteiger partial charge in [0.2, 0.25) is 15.9 Å². The predicted molar refractivity (Wildman–Crippen MR) is 82.3 cm³/mol. The summed E-state index contributed by atoms with van der Waals surface area (Å²) in [6, 6.07) is 7.39. The monoisotopic (exact) mass is 321 g/mol. The molecule has 1 rings (SSSR count). The quantitative estimate of drug-likeness (QED) is 0.734. The maximum Gasteiger partial charge on any atom is 0.235 e. The summed E-state index contributed by atoms with van der Waals surface area (Å²) in [4.78, 5) is 11.5. The molecule has 0 aliphatic heterocycles. The highest BCUT2D eigenvalue weighted by Gasteiger charge is 2.14. The van der Waals surface area contributed by atoms with Gasteiger partial charge in [0.1, 0.15) is 0 Å². The minimum Gasteiger partial charge on any atom is -0.399 e. The largest absolute Gasteiger partial charge is 0.399 e. The fourth-order valence-electron chi connectivity index (χ4n) is 1.41. The summed E-state index contributed by atoms with van der Waals surface area (Å²) in [6.07, 6.45) is 1.74. The fraction of sp³-hybridized carbons (Fsp3) is 0.417. The SMILES string of the molecule is CN(CC(=O)NCCc1ccc(N)cc1)S(C)(=O)=O.Cl. The molecular weight excluding hydrogens is 302 g/mol. The van der Waals surface area contributed by atoms with Gasteiger partial charge in [-0.25, -0.2) is 8.42 Å². The molecule has 1 aromatic rings. The van der Waals surface area contributed by atoms with Gasteiger partial charge in [-0.2, -0.15) is 4.31 Å². The van der Waals surface area contributed by atoms with Crippen molar-refractivity contribution in [1.82, 2.24) is 9.62 Å². The molecule has 0 unspecified atom stereocenters. The van der Waals surface area contributed by atoms with Crippen LogP contribution in [0.5, 0.6) is 0 Å². The fourth-order valence-corrected chi connectivity index (χ4v) is 1.76. The molecule has 0 radical (unpaired) electrons. The molecule has 6 nitrogen and oxygen atoms in total. The number of nitrogens with zero attached hydrogens (tertiary/aromatic N) is 1. The van der Waals surface area contributed by atoms with E-state index in [1.165, 1.54) is 7.05 Å². The second-order valence-corrected chi connectivity index (χ2v) is 6.45. The van der Waals surface area contributed by atoms with E-state index in [4.69, 9.17) is 5.73 Å². The number of nitrogen functional groups attached to an aromatic ring is 1. The molecule has 8 heteroatoms. The lowest BCUT2D eigenvalue weighted by atomic mass is 10.1. The molecule has 1 amide bonds. The minimum absolute atomic E-state index is 0. The number of amides is 1. The summed E-state index contributed by atoms with van der Waals surface area (Å²) >= 11 is 0. The molecule has 0 spiro atoms. The third-order valence-electron chi connectivity index (χ3n) is 2.65. The number of nitrogens with two attached hydrogens (primary N) is 1. The number of likely N-dealkylation sites (N-methyl/N-ethyl adjacent to an activating group) is 1. The van der Waals surface area contributed by atoms with E-state index in [1.807, 2.05) is 12.1 Å². The van der Waals surface area contributed by atoms with Crippen molar-refractivity contribution in [2.24, 2.45) is 0 Å². The summed E-state index contributed by atoms with van der Waals surface area (Å²) in [6.45, 7) is 0.293. The maximum atomic E-state index is 11.5. The Morgan fingerprint density at radius 1 is 1.30 bits per heavy atom. The highest BCUT2D eigenvalue weighted by atomic mass is 35.5. The van der Waals surface area contributed by atoms with Crippen LogP contribution in [0.3, 0.4) is 0 Å². The number of carbonyl (C=O) groups is 1.